The maximum Gasteiger partial charge on any atom is 0.307 e. The van der Waals surface area contributed by atoms with E-state index in [1.165, 1.54) is 28.2 Å². The zero-order valence-electron chi connectivity index (χ0n) is 15.7. The predicted octanol–water partition coefficient (Wildman–Crippen LogP) is 5.53. The molecule has 2 fully saturated rings. The predicted molar refractivity (Wildman–Crippen MR) is 110 cm³/mol. The molecule has 2 atom stereocenters. The van der Waals surface area contributed by atoms with Gasteiger partial charge in [-0.2, -0.15) is 5.10 Å². The number of carboxylic acid groups (broad SMARTS) is 1. The topological polar surface area (TPSA) is 55.1 Å². The average Bonchev–Trinajstić information content (AvgIpc) is 3.61. The van der Waals surface area contributed by atoms with E-state index in [4.69, 9.17) is 10.2 Å². The van der Waals surface area contributed by atoms with Gasteiger partial charge in [0.1, 0.15) is 5.69 Å². The number of aliphatic carboxylic acids is 1. The fraction of sp³-hybridized carbons (Fsp3) is 0.304. The fourth-order valence-electron chi connectivity index (χ4n) is 3.63. The summed E-state index contributed by atoms with van der Waals surface area (Å²) in [7, 11) is 0. The van der Waals surface area contributed by atoms with Crippen molar-refractivity contribution in [1.82, 2.24) is 9.78 Å². The van der Waals surface area contributed by atoms with Crippen LogP contribution in [0.25, 0.3) is 11.3 Å². The Bertz CT molecular complexity index is 1020. The van der Waals surface area contributed by atoms with E-state index in [1.54, 1.807) is 11.8 Å². The summed E-state index contributed by atoms with van der Waals surface area (Å²) < 4.78 is 2.11. The van der Waals surface area contributed by atoms with E-state index < -0.39 is 5.97 Å². The lowest BCUT2D eigenvalue weighted by Gasteiger charge is -2.05. The Kier molecular flexibility index (Phi) is 4.27. The Morgan fingerprint density at radius 2 is 1.82 bits per heavy atom. The molecule has 2 unspecified atom stereocenters. The van der Waals surface area contributed by atoms with Gasteiger partial charge in [0.05, 0.1) is 16.9 Å². The highest BCUT2D eigenvalue weighted by Crippen LogP contribution is 2.48. The Labute approximate surface area is 168 Å². The molecule has 0 radical (unpaired) electrons. The van der Waals surface area contributed by atoms with Crippen molar-refractivity contribution in [2.24, 2.45) is 5.92 Å². The van der Waals surface area contributed by atoms with E-state index in [0.29, 0.717) is 6.04 Å². The minimum absolute atomic E-state index is 0.164. The van der Waals surface area contributed by atoms with Crippen LogP contribution in [0.15, 0.2) is 64.5 Å². The summed E-state index contributed by atoms with van der Waals surface area (Å²) in [6, 6.07) is 17.4. The van der Waals surface area contributed by atoms with Gasteiger partial charge in [0.2, 0.25) is 0 Å². The third-order valence-corrected chi connectivity index (χ3v) is 6.61. The van der Waals surface area contributed by atoms with Crippen molar-refractivity contribution in [1.29, 1.82) is 0 Å². The number of carboxylic acids is 1. The molecule has 0 aliphatic heterocycles. The summed E-state index contributed by atoms with van der Waals surface area (Å²) in [6.45, 7) is 2.10. The van der Waals surface area contributed by atoms with Crippen LogP contribution in [0, 0.1) is 12.8 Å². The third kappa shape index (κ3) is 3.47. The van der Waals surface area contributed by atoms with Crippen molar-refractivity contribution in [3.8, 4) is 11.3 Å². The van der Waals surface area contributed by atoms with Gasteiger partial charge < -0.3 is 5.11 Å². The number of carbonyl (C=O) groups is 1. The van der Waals surface area contributed by atoms with Crippen LogP contribution < -0.4 is 0 Å². The van der Waals surface area contributed by atoms with Gasteiger partial charge in [-0.05, 0) is 49.8 Å². The zero-order chi connectivity index (χ0) is 19.3. The van der Waals surface area contributed by atoms with E-state index in [9.17, 15) is 4.79 Å². The smallest absolute Gasteiger partial charge is 0.307 e. The van der Waals surface area contributed by atoms with Crippen molar-refractivity contribution in [2.75, 3.05) is 0 Å². The van der Waals surface area contributed by atoms with Gasteiger partial charge in [-0.3, -0.25) is 9.48 Å². The SMILES string of the molecule is Cc1ccc(Sc2cn(C3CC3)nc2-c2ccc(C3CC3C(=O)O)cc2)cc1. The molecular weight excluding hydrogens is 368 g/mol. The Hall–Kier alpha value is -2.53. The third-order valence-electron chi connectivity index (χ3n) is 5.59. The number of nitrogens with zero attached hydrogens (tertiary/aromatic N) is 2. The van der Waals surface area contributed by atoms with Crippen molar-refractivity contribution in [2.45, 2.75) is 47.9 Å². The molecule has 2 aliphatic carbocycles. The van der Waals surface area contributed by atoms with E-state index in [2.05, 4.69) is 66.3 Å². The number of aromatic nitrogens is 2. The highest BCUT2D eigenvalue weighted by molar-refractivity contribution is 7.99. The Morgan fingerprint density at radius 3 is 2.43 bits per heavy atom. The molecule has 2 saturated carbocycles. The summed E-state index contributed by atoms with van der Waals surface area (Å²) in [5.41, 5.74) is 4.47. The highest BCUT2D eigenvalue weighted by Gasteiger charge is 2.44. The van der Waals surface area contributed by atoms with Crippen molar-refractivity contribution in [3.63, 3.8) is 0 Å². The van der Waals surface area contributed by atoms with Crippen molar-refractivity contribution < 1.29 is 9.90 Å². The second-order valence-electron chi connectivity index (χ2n) is 7.88. The Morgan fingerprint density at radius 1 is 1.11 bits per heavy atom. The van der Waals surface area contributed by atoms with Crippen LogP contribution in [0.3, 0.4) is 0 Å². The van der Waals surface area contributed by atoms with Gasteiger partial charge in [-0.25, -0.2) is 0 Å². The van der Waals surface area contributed by atoms with E-state index in [0.717, 1.165) is 23.2 Å². The van der Waals surface area contributed by atoms with Gasteiger partial charge in [-0.1, -0.05) is 53.7 Å². The van der Waals surface area contributed by atoms with Crippen LogP contribution in [0.1, 0.15) is 42.3 Å². The molecule has 1 N–H and O–H groups in total. The molecule has 1 heterocycles. The molecule has 5 heteroatoms. The van der Waals surface area contributed by atoms with Gasteiger partial charge in [0, 0.05) is 16.7 Å². The molecule has 0 amide bonds. The van der Waals surface area contributed by atoms with Gasteiger partial charge >= 0.3 is 5.97 Å². The van der Waals surface area contributed by atoms with Gasteiger partial charge in [-0.15, -0.1) is 0 Å². The first-order valence-electron chi connectivity index (χ1n) is 9.75. The normalized spacial score (nSPS) is 20.9. The maximum absolute atomic E-state index is 11.1. The second-order valence-corrected chi connectivity index (χ2v) is 8.99. The second kappa shape index (κ2) is 6.82. The minimum Gasteiger partial charge on any atom is -0.481 e. The Balaban J connectivity index is 1.43. The molecule has 3 aromatic rings. The first-order chi connectivity index (χ1) is 13.6. The molecule has 1 aromatic heterocycles. The van der Waals surface area contributed by atoms with Crippen LogP contribution >= 0.6 is 11.8 Å². The first kappa shape index (κ1) is 17.6. The number of rotatable bonds is 6. The van der Waals surface area contributed by atoms with Crippen LogP contribution in [0.4, 0.5) is 0 Å². The molecule has 28 heavy (non-hydrogen) atoms. The quantitative estimate of drug-likeness (QED) is 0.601. The van der Waals surface area contributed by atoms with E-state index in [-0.39, 0.29) is 11.8 Å². The van der Waals surface area contributed by atoms with Crippen LogP contribution in [0.5, 0.6) is 0 Å². The fourth-order valence-corrected chi connectivity index (χ4v) is 4.58. The number of hydrogen-bond donors (Lipinski definition) is 1. The summed E-state index contributed by atoms with van der Waals surface area (Å²) in [4.78, 5) is 13.5. The first-order valence-corrected chi connectivity index (χ1v) is 10.6. The highest BCUT2D eigenvalue weighted by atomic mass is 32.2. The van der Waals surface area contributed by atoms with Crippen LogP contribution in [-0.4, -0.2) is 20.9 Å². The summed E-state index contributed by atoms with van der Waals surface area (Å²) >= 11 is 1.75. The van der Waals surface area contributed by atoms with Crippen molar-refractivity contribution in [3.05, 3.63) is 65.9 Å². The molecule has 142 valence electrons. The van der Waals surface area contributed by atoms with E-state index >= 15 is 0 Å². The van der Waals surface area contributed by atoms with Crippen LogP contribution in [-0.2, 0) is 4.79 Å². The summed E-state index contributed by atoms with van der Waals surface area (Å²) in [6.07, 6.45) is 5.33. The van der Waals surface area contributed by atoms with Crippen molar-refractivity contribution >= 4 is 17.7 Å². The van der Waals surface area contributed by atoms with Crippen LogP contribution in [0.2, 0.25) is 0 Å². The standard InChI is InChI=1S/C23H22N2O2S/c1-14-2-10-18(11-3-14)28-21-13-25(17-8-9-17)24-22(21)16-6-4-15(5-7-16)19-12-20(19)23(26)27/h2-7,10-11,13,17,19-20H,8-9,12H2,1H3,(H,26,27). The monoisotopic (exact) mass is 390 g/mol. The van der Waals surface area contributed by atoms with Gasteiger partial charge in [0.25, 0.3) is 0 Å². The van der Waals surface area contributed by atoms with E-state index in [1.807, 2.05) is 0 Å². The minimum atomic E-state index is -0.686. The largest absolute Gasteiger partial charge is 0.481 e. The molecule has 2 aliphatic rings. The molecule has 2 aromatic carbocycles. The summed E-state index contributed by atoms with van der Waals surface area (Å²) in [5.74, 6) is -0.737. The molecular formula is C23H22N2O2S. The maximum atomic E-state index is 11.1. The van der Waals surface area contributed by atoms with Gasteiger partial charge in [0.15, 0.2) is 0 Å². The molecule has 5 rings (SSSR count). The lowest BCUT2D eigenvalue weighted by molar-refractivity contribution is -0.138. The summed E-state index contributed by atoms with van der Waals surface area (Å²) in [5, 5.41) is 14.0. The average molecular weight is 391 g/mol. The lowest BCUT2D eigenvalue weighted by atomic mass is 10.1. The molecule has 0 saturated heterocycles. The molecule has 4 nitrogen and oxygen atoms in total. The number of hydrogen-bond acceptors (Lipinski definition) is 3. The molecule has 0 spiro atoms. The zero-order valence-corrected chi connectivity index (χ0v) is 16.5. The number of benzene rings is 2. The number of aryl methyl sites for hydroxylation is 1. The lowest BCUT2D eigenvalue weighted by Crippen LogP contribution is -1.98. The molecule has 0 bridgehead atoms.